The van der Waals surface area contributed by atoms with Gasteiger partial charge in [0.2, 0.25) is 5.91 Å². The Kier molecular flexibility index (Phi) is 6.22. The lowest BCUT2D eigenvalue weighted by atomic mass is 10.0. The summed E-state index contributed by atoms with van der Waals surface area (Å²) in [6.45, 7) is 1.47. The van der Waals surface area contributed by atoms with Crippen molar-refractivity contribution in [3.8, 4) is 5.69 Å². The summed E-state index contributed by atoms with van der Waals surface area (Å²) in [7, 11) is 0. The molecule has 0 bridgehead atoms. The van der Waals surface area contributed by atoms with Gasteiger partial charge in [0.25, 0.3) is 0 Å². The highest BCUT2D eigenvalue weighted by molar-refractivity contribution is 7.80. The molecule has 180 valence electrons. The predicted molar refractivity (Wildman–Crippen MR) is 141 cm³/mol. The highest BCUT2D eigenvalue weighted by Gasteiger charge is 2.42. The Morgan fingerprint density at radius 2 is 1.81 bits per heavy atom. The van der Waals surface area contributed by atoms with Crippen molar-refractivity contribution in [2.45, 2.75) is 19.0 Å². The largest absolute Gasteiger partial charge is 0.478 e. The Morgan fingerprint density at radius 1 is 1.00 bits per heavy atom. The second-order valence-electron chi connectivity index (χ2n) is 8.38. The van der Waals surface area contributed by atoms with Crippen molar-refractivity contribution in [1.29, 1.82) is 0 Å². The standard InChI is InChI=1S/C27H23N5O3S/c1-17(33)29-19-10-12-20(13-11-19)32-25(24(30-27(32)36)22-8-2-3-14-28-22)23-9-5-15-31(23)21-7-4-6-18(16-21)26(34)35/h2-16,24-25H,1H3,(H,29,33)(H,30,36)(H,34,35)/t24-,25-/m0/s1. The number of carboxylic acids is 1. The van der Waals surface area contributed by atoms with Crippen molar-refractivity contribution in [3.63, 3.8) is 0 Å². The molecule has 2 atom stereocenters. The molecule has 1 aliphatic heterocycles. The van der Waals surface area contributed by atoms with Crippen LogP contribution in [0.2, 0.25) is 0 Å². The minimum atomic E-state index is -0.985. The summed E-state index contributed by atoms with van der Waals surface area (Å²) < 4.78 is 1.97. The maximum Gasteiger partial charge on any atom is 0.335 e. The first kappa shape index (κ1) is 23.3. The Morgan fingerprint density at radius 3 is 2.50 bits per heavy atom. The summed E-state index contributed by atoms with van der Waals surface area (Å²) in [6, 6.07) is 23.4. The number of carbonyl (C=O) groups excluding carboxylic acids is 1. The molecule has 3 N–H and O–H groups in total. The van der Waals surface area contributed by atoms with Gasteiger partial charge >= 0.3 is 5.97 Å². The highest BCUT2D eigenvalue weighted by atomic mass is 32.1. The molecule has 1 fully saturated rings. The van der Waals surface area contributed by atoms with E-state index in [2.05, 4.69) is 15.6 Å². The number of hydrogen-bond acceptors (Lipinski definition) is 4. The van der Waals surface area contributed by atoms with Crippen LogP contribution in [-0.2, 0) is 4.79 Å². The number of anilines is 2. The molecular formula is C27H23N5O3S. The molecule has 0 spiro atoms. The van der Waals surface area contributed by atoms with Crippen LogP contribution in [0.5, 0.6) is 0 Å². The predicted octanol–water partition coefficient (Wildman–Crippen LogP) is 4.71. The second-order valence-corrected chi connectivity index (χ2v) is 8.77. The Hall–Kier alpha value is -4.50. The smallest absolute Gasteiger partial charge is 0.335 e. The number of thiocarbonyl (C=S) groups is 1. The van der Waals surface area contributed by atoms with Gasteiger partial charge in [-0.2, -0.15) is 0 Å². The number of hydrogen-bond donors (Lipinski definition) is 3. The summed E-state index contributed by atoms with van der Waals surface area (Å²) in [5, 5.41) is 16.3. The fourth-order valence-electron chi connectivity index (χ4n) is 4.50. The van der Waals surface area contributed by atoms with Crippen LogP contribution >= 0.6 is 12.2 Å². The fraction of sp³-hybridized carbons (Fsp3) is 0.111. The lowest BCUT2D eigenvalue weighted by Gasteiger charge is -2.29. The van der Waals surface area contributed by atoms with E-state index in [-0.39, 0.29) is 23.6 Å². The number of aromatic nitrogens is 2. The number of carbonyl (C=O) groups is 2. The molecule has 3 heterocycles. The van der Waals surface area contributed by atoms with Crippen molar-refractivity contribution in [2.75, 3.05) is 10.2 Å². The summed E-state index contributed by atoms with van der Waals surface area (Å²) >= 11 is 5.80. The lowest BCUT2D eigenvalue weighted by molar-refractivity contribution is -0.114. The fourth-order valence-corrected chi connectivity index (χ4v) is 4.85. The van der Waals surface area contributed by atoms with E-state index in [0.29, 0.717) is 10.8 Å². The number of nitrogens with one attached hydrogen (secondary N) is 2. The molecule has 0 radical (unpaired) electrons. The van der Waals surface area contributed by atoms with E-state index in [1.807, 2.05) is 76.3 Å². The molecule has 9 heteroatoms. The van der Waals surface area contributed by atoms with E-state index in [4.69, 9.17) is 12.2 Å². The van der Waals surface area contributed by atoms with Gasteiger partial charge in [-0.05, 0) is 78.9 Å². The minimum Gasteiger partial charge on any atom is -0.478 e. The SMILES string of the molecule is CC(=O)Nc1ccc(N2C(=S)N[C@@H](c3ccccn3)[C@@H]2c2cccn2-c2cccc(C(=O)O)c2)cc1. The Labute approximate surface area is 213 Å². The average molecular weight is 498 g/mol. The van der Waals surface area contributed by atoms with Crippen LogP contribution in [0, 0.1) is 0 Å². The van der Waals surface area contributed by atoms with Crippen LogP contribution in [0.15, 0.2) is 91.3 Å². The molecule has 0 saturated carbocycles. The maximum atomic E-state index is 11.6. The molecule has 1 saturated heterocycles. The number of rotatable bonds is 6. The molecular weight excluding hydrogens is 474 g/mol. The van der Waals surface area contributed by atoms with Crippen LogP contribution in [0.1, 0.15) is 40.8 Å². The van der Waals surface area contributed by atoms with Gasteiger partial charge in [0.15, 0.2) is 5.11 Å². The van der Waals surface area contributed by atoms with Crippen LogP contribution in [-0.4, -0.2) is 31.6 Å². The minimum absolute atomic E-state index is 0.143. The molecule has 0 unspecified atom stereocenters. The van der Waals surface area contributed by atoms with Crippen molar-refractivity contribution in [3.05, 3.63) is 108 Å². The van der Waals surface area contributed by atoms with Crippen LogP contribution in [0.4, 0.5) is 11.4 Å². The molecule has 2 aromatic carbocycles. The zero-order chi connectivity index (χ0) is 25.2. The first-order chi connectivity index (χ1) is 17.4. The zero-order valence-electron chi connectivity index (χ0n) is 19.3. The summed E-state index contributed by atoms with van der Waals surface area (Å²) in [5.74, 6) is -1.13. The third-order valence-corrected chi connectivity index (χ3v) is 6.33. The van der Waals surface area contributed by atoms with Crippen molar-refractivity contribution < 1.29 is 14.7 Å². The van der Waals surface area contributed by atoms with Gasteiger partial charge in [-0.3, -0.25) is 9.78 Å². The molecule has 2 aromatic heterocycles. The van der Waals surface area contributed by atoms with Crippen molar-refractivity contribution >= 4 is 40.6 Å². The normalized spacial score (nSPS) is 17.0. The lowest BCUT2D eigenvalue weighted by Crippen LogP contribution is -2.30. The number of benzene rings is 2. The van der Waals surface area contributed by atoms with Crippen molar-refractivity contribution in [1.82, 2.24) is 14.9 Å². The summed E-state index contributed by atoms with van der Waals surface area (Å²) in [6.07, 6.45) is 3.66. The first-order valence-corrected chi connectivity index (χ1v) is 11.7. The van der Waals surface area contributed by atoms with Crippen LogP contribution in [0.25, 0.3) is 5.69 Å². The Balaban J connectivity index is 1.62. The van der Waals surface area contributed by atoms with E-state index in [9.17, 15) is 14.7 Å². The number of carboxylic acid groups (broad SMARTS) is 1. The molecule has 1 aliphatic rings. The molecule has 5 rings (SSSR count). The third-order valence-electron chi connectivity index (χ3n) is 6.02. The molecule has 1 amide bonds. The molecule has 0 aliphatic carbocycles. The van der Waals surface area contributed by atoms with Gasteiger partial charge in [-0.1, -0.05) is 12.1 Å². The number of aromatic carboxylic acids is 1. The Bertz CT molecular complexity index is 1440. The number of amides is 1. The quantitative estimate of drug-likeness (QED) is 0.332. The van der Waals surface area contributed by atoms with E-state index in [0.717, 1.165) is 22.8 Å². The van der Waals surface area contributed by atoms with E-state index in [1.54, 1.807) is 24.4 Å². The number of pyridine rings is 1. The monoisotopic (exact) mass is 497 g/mol. The molecule has 4 aromatic rings. The van der Waals surface area contributed by atoms with Gasteiger partial charge in [-0.25, -0.2) is 4.79 Å². The van der Waals surface area contributed by atoms with Gasteiger partial charge in [-0.15, -0.1) is 0 Å². The summed E-state index contributed by atoms with van der Waals surface area (Å²) in [4.78, 5) is 29.7. The maximum absolute atomic E-state index is 11.6. The third kappa shape index (κ3) is 4.44. The van der Waals surface area contributed by atoms with Crippen LogP contribution in [0.3, 0.4) is 0 Å². The first-order valence-electron chi connectivity index (χ1n) is 11.3. The van der Waals surface area contributed by atoms with Crippen LogP contribution < -0.4 is 15.5 Å². The van der Waals surface area contributed by atoms with Gasteiger partial charge in [0.05, 0.1) is 17.3 Å². The molecule has 36 heavy (non-hydrogen) atoms. The zero-order valence-corrected chi connectivity index (χ0v) is 20.1. The summed E-state index contributed by atoms with van der Waals surface area (Å²) in [5.41, 5.74) is 4.21. The van der Waals surface area contributed by atoms with E-state index < -0.39 is 5.97 Å². The van der Waals surface area contributed by atoms with Gasteiger partial charge in [0, 0.05) is 42.1 Å². The second kappa shape index (κ2) is 9.63. The van der Waals surface area contributed by atoms with Crippen molar-refractivity contribution in [2.24, 2.45) is 0 Å². The van der Waals surface area contributed by atoms with E-state index in [1.165, 1.54) is 6.92 Å². The average Bonchev–Trinajstić information content (AvgIpc) is 3.49. The van der Waals surface area contributed by atoms with Gasteiger partial charge < -0.3 is 25.2 Å². The van der Waals surface area contributed by atoms with Gasteiger partial charge in [0.1, 0.15) is 6.04 Å². The highest BCUT2D eigenvalue weighted by Crippen LogP contribution is 2.42. The molecule has 8 nitrogen and oxygen atoms in total. The topological polar surface area (TPSA) is 99.5 Å². The number of nitrogens with zero attached hydrogens (tertiary/aromatic N) is 3. The van der Waals surface area contributed by atoms with E-state index >= 15 is 0 Å².